The predicted molar refractivity (Wildman–Crippen MR) is 381 cm³/mol. The minimum absolute atomic E-state index is 0.260. The number of rotatable bonds is 23. The van der Waals surface area contributed by atoms with E-state index in [0.29, 0.717) is 60.2 Å². The summed E-state index contributed by atoms with van der Waals surface area (Å²) in [6.45, 7) is 15.5. The molecule has 0 aliphatic heterocycles. The van der Waals surface area contributed by atoms with E-state index in [-0.39, 0.29) is 46.1 Å². The van der Waals surface area contributed by atoms with Crippen LogP contribution in [0.25, 0.3) is 61.1 Å². The van der Waals surface area contributed by atoms with Gasteiger partial charge in [0.1, 0.15) is 23.1 Å². The van der Waals surface area contributed by atoms with Crippen molar-refractivity contribution in [3.63, 3.8) is 0 Å². The van der Waals surface area contributed by atoms with Gasteiger partial charge >= 0.3 is 114 Å². The van der Waals surface area contributed by atoms with Gasteiger partial charge in [0.05, 0.1) is 49.0 Å². The van der Waals surface area contributed by atoms with E-state index in [1.807, 2.05) is 24.3 Å². The third-order valence-electron chi connectivity index (χ3n) is 18.2. The van der Waals surface area contributed by atoms with Crippen LogP contribution in [0.5, 0.6) is 11.5 Å². The number of hydrogen-bond donors (Lipinski definition) is 2. The molecule has 98 heavy (non-hydrogen) atoms. The molecule has 0 spiro atoms. The maximum Gasteiger partial charge on any atom is 0.425 e. The van der Waals surface area contributed by atoms with E-state index in [9.17, 15) is 32.2 Å². The van der Waals surface area contributed by atoms with Crippen molar-refractivity contribution in [1.82, 2.24) is 28.7 Å². The third-order valence-corrected chi connectivity index (χ3v) is 32.8. The fourth-order valence-corrected chi connectivity index (χ4v) is 26.0. The second kappa shape index (κ2) is 30.7. The molecular weight excluding hydrogens is 1440 g/mol. The number of ether oxygens (including phenoxy) is 2. The van der Waals surface area contributed by atoms with Crippen LogP contribution in [0, 0.1) is 11.6 Å². The minimum atomic E-state index is -5.07. The summed E-state index contributed by atoms with van der Waals surface area (Å²) >= 11 is 1.57. The zero-order chi connectivity index (χ0) is 70.2. The van der Waals surface area contributed by atoms with E-state index in [1.165, 1.54) is 158 Å². The van der Waals surface area contributed by atoms with E-state index < -0.39 is 53.6 Å². The van der Waals surface area contributed by atoms with Gasteiger partial charge in [-0.15, -0.1) is 0 Å². The number of aliphatic hydroxyl groups is 2. The summed E-state index contributed by atoms with van der Waals surface area (Å²) in [5.74, 6) is 0.495. The molecule has 0 saturated heterocycles. The molecule has 0 radical (unpaired) electrons. The van der Waals surface area contributed by atoms with Crippen LogP contribution in [0.1, 0.15) is 98.2 Å². The SMILES string of the molecule is C=Cc1ccc2c(C(O)(c3ccc4c(cnn4-c4ccc(F)cc4)c3)C(F)(F)F)cn(Cc3ccc(OC)cc3)c2c1.C=[CH][Sn]([CH2]CCC)([CH2]CCC)[CH2]CCC.COc1ccc(Cn2cc(C(O)(c3ccc4c(cnn4-c4ccc(F)cc4)c3)C(F)(F)F)c3ccc(Br)cc32)cc1. The summed E-state index contributed by atoms with van der Waals surface area (Å²) in [4.78, 5) is 0. The summed E-state index contributed by atoms with van der Waals surface area (Å²) in [5, 5.41) is 33.3. The molecule has 20 heteroatoms. The van der Waals surface area contributed by atoms with Gasteiger partial charge in [-0.05, 0) is 143 Å². The summed E-state index contributed by atoms with van der Waals surface area (Å²) in [5.41, 5.74) is -2.36. The first-order valence-electron chi connectivity index (χ1n) is 32.5. The van der Waals surface area contributed by atoms with Gasteiger partial charge in [0, 0.05) is 73.7 Å². The Balaban J connectivity index is 0.000000177. The normalized spacial score (nSPS) is 13.2. The molecule has 0 saturated carbocycles. The summed E-state index contributed by atoms with van der Waals surface area (Å²) in [6.07, 6.45) is 5.52. The molecular formula is C78H77BrF8N6O4Sn. The standard InChI is InChI=1S/C33H25F4N3O2.C31H22BrF4N3O2.3C4H9.C2H3.Sn/c1-3-21-6-14-28-29(20-39(31(28)16-21)19-22-4-12-27(42-2)13-5-22)32(41,33(35,36)37)24-7-15-30-23(17-24)18-38-40(30)26-10-8-25(34)9-11-26;1-41-25-10-2-19(3-11-25)17-38-18-27(26-12-5-22(32)15-29(26)38)30(40,31(34,35)36)21-4-13-28-20(14-21)16-37-39(28)24-8-6-23(33)7-9-24;3*1-3-4-2;1-2;/h3-18,20,41H,1,19H2,2H3;2-16,18,40H,17H2,1H3;3*1,3-4H2,2H3;1H,2H2;. The van der Waals surface area contributed by atoms with Gasteiger partial charge in [-0.1, -0.05) is 83.2 Å². The summed E-state index contributed by atoms with van der Waals surface area (Å²) in [6, 6.07) is 43.7. The molecule has 4 aromatic heterocycles. The predicted octanol–water partition coefficient (Wildman–Crippen LogP) is 20.9. The van der Waals surface area contributed by atoms with Crippen LogP contribution in [0.4, 0.5) is 35.1 Å². The Labute approximate surface area is 577 Å². The second-order valence-electron chi connectivity index (χ2n) is 24.6. The van der Waals surface area contributed by atoms with E-state index in [1.54, 1.807) is 103 Å². The monoisotopic (exact) mass is 1510 g/mol. The number of fused-ring (bicyclic) bond motifs is 4. The first-order chi connectivity index (χ1) is 46.9. The Morgan fingerprint density at radius 2 is 0.898 bits per heavy atom. The van der Waals surface area contributed by atoms with E-state index in [0.717, 1.165) is 16.7 Å². The van der Waals surface area contributed by atoms with Gasteiger partial charge in [0.2, 0.25) is 11.2 Å². The zero-order valence-corrected chi connectivity index (χ0v) is 59.6. The molecule has 12 rings (SSSR count). The first-order valence-corrected chi connectivity index (χ1v) is 41.0. The minimum Gasteiger partial charge on any atom is -0.497 e. The van der Waals surface area contributed by atoms with Crippen LogP contribution in [0.15, 0.2) is 216 Å². The first kappa shape index (κ1) is 72.2. The van der Waals surface area contributed by atoms with Crippen molar-refractivity contribution >= 4 is 84.0 Å². The molecule has 0 amide bonds. The number of aromatic nitrogens is 6. The molecule has 10 nitrogen and oxygen atoms in total. The molecule has 0 aliphatic carbocycles. The summed E-state index contributed by atoms with van der Waals surface area (Å²) in [7, 11) is 3.11. The van der Waals surface area contributed by atoms with Crippen molar-refractivity contribution in [3.8, 4) is 22.9 Å². The molecule has 0 bridgehead atoms. The second-order valence-corrected chi connectivity index (χ2v) is 38.7. The van der Waals surface area contributed by atoms with Crippen molar-refractivity contribution in [3.05, 3.63) is 267 Å². The largest absolute Gasteiger partial charge is 0.497 e. The number of alkyl halides is 6. The Morgan fingerprint density at radius 1 is 0.500 bits per heavy atom. The van der Waals surface area contributed by atoms with E-state index >= 15 is 13.2 Å². The maximum atomic E-state index is 15.0. The molecule has 8 aromatic carbocycles. The van der Waals surface area contributed by atoms with Crippen molar-refractivity contribution in [2.24, 2.45) is 0 Å². The Morgan fingerprint density at radius 3 is 1.27 bits per heavy atom. The van der Waals surface area contributed by atoms with Crippen molar-refractivity contribution in [2.45, 2.75) is 109 Å². The maximum absolute atomic E-state index is 15.0. The topological polar surface area (TPSA) is 104 Å². The van der Waals surface area contributed by atoms with Gasteiger partial charge in [-0.25, -0.2) is 18.1 Å². The Kier molecular flexibility index (Phi) is 22.7. The molecule has 2 unspecified atom stereocenters. The average Bonchev–Trinajstić information content (AvgIpc) is 1.50. The molecule has 4 heterocycles. The fourth-order valence-electron chi connectivity index (χ4n) is 12.7. The van der Waals surface area contributed by atoms with E-state index in [2.05, 4.69) is 64.1 Å². The van der Waals surface area contributed by atoms with Gasteiger partial charge in [-0.3, -0.25) is 0 Å². The van der Waals surface area contributed by atoms with E-state index in [4.69, 9.17) is 9.47 Å². The van der Waals surface area contributed by atoms with Gasteiger partial charge in [-0.2, -0.15) is 36.5 Å². The van der Waals surface area contributed by atoms with Gasteiger partial charge in [0.25, 0.3) is 0 Å². The quantitative estimate of drug-likeness (QED) is 0.0488. The number of halogens is 9. The number of hydrogen-bond acceptors (Lipinski definition) is 6. The molecule has 0 aliphatic rings. The van der Waals surface area contributed by atoms with Crippen LogP contribution >= 0.6 is 15.9 Å². The van der Waals surface area contributed by atoms with Crippen LogP contribution in [0.3, 0.4) is 0 Å². The molecule has 12 aromatic rings. The Hall–Kier alpha value is -8.50. The van der Waals surface area contributed by atoms with Gasteiger partial charge in [0.15, 0.2) is 0 Å². The van der Waals surface area contributed by atoms with Crippen LogP contribution in [0.2, 0.25) is 13.3 Å². The third kappa shape index (κ3) is 15.2. The van der Waals surface area contributed by atoms with Crippen LogP contribution in [-0.2, 0) is 24.3 Å². The van der Waals surface area contributed by atoms with Crippen LogP contribution < -0.4 is 9.47 Å². The number of nitrogens with zero attached hydrogens (tertiary/aromatic N) is 6. The van der Waals surface area contributed by atoms with Crippen molar-refractivity contribution in [1.29, 1.82) is 0 Å². The number of unbranched alkanes of at least 4 members (excludes halogenated alkanes) is 3. The molecule has 510 valence electrons. The zero-order valence-electron chi connectivity index (χ0n) is 55.1. The average molecular weight is 1510 g/mol. The Bertz CT molecular complexity index is 4700. The van der Waals surface area contributed by atoms with Gasteiger partial charge < -0.3 is 28.8 Å². The van der Waals surface area contributed by atoms with Crippen molar-refractivity contribution < 1.29 is 54.8 Å². The van der Waals surface area contributed by atoms with Crippen molar-refractivity contribution in [2.75, 3.05) is 14.2 Å². The molecule has 2 atom stereocenters. The molecule has 2 N–H and O–H groups in total. The fraction of sp³-hybridized carbons (Fsp3) is 0.256. The number of benzene rings is 8. The summed E-state index contributed by atoms with van der Waals surface area (Å²) < 4.78 is 142. The number of methoxy groups -OCH3 is 2. The molecule has 0 fully saturated rings. The smallest absolute Gasteiger partial charge is 0.425 e. The van der Waals surface area contributed by atoms with Crippen LogP contribution in [-0.4, -0.2) is 83.9 Å².